The number of ether oxygens (including phenoxy) is 1. The molecule has 0 spiro atoms. The van der Waals surface area contributed by atoms with Gasteiger partial charge in [0.15, 0.2) is 0 Å². The lowest BCUT2D eigenvalue weighted by Crippen LogP contribution is -2.36. The van der Waals surface area contributed by atoms with Gasteiger partial charge < -0.3 is 9.84 Å². The highest BCUT2D eigenvalue weighted by atomic mass is 16.5. The van der Waals surface area contributed by atoms with E-state index in [1.165, 1.54) is 18.4 Å². The van der Waals surface area contributed by atoms with Gasteiger partial charge in [-0.25, -0.2) is 0 Å². The third-order valence-electron chi connectivity index (χ3n) is 4.20. The van der Waals surface area contributed by atoms with Crippen LogP contribution in [0.1, 0.15) is 37.8 Å². The Bertz CT molecular complexity index is 530. The molecule has 0 radical (unpaired) electrons. The summed E-state index contributed by atoms with van der Waals surface area (Å²) in [5, 5.41) is 8.80. The van der Waals surface area contributed by atoms with Gasteiger partial charge in [-0.1, -0.05) is 25.7 Å². The summed E-state index contributed by atoms with van der Waals surface area (Å²) < 4.78 is 5.46. The highest BCUT2D eigenvalue weighted by molar-refractivity contribution is 5.44. The summed E-state index contributed by atoms with van der Waals surface area (Å²) in [6.07, 6.45) is 2.47. The molecule has 21 heavy (non-hydrogen) atoms. The summed E-state index contributed by atoms with van der Waals surface area (Å²) in [4.78, 5) is 2.48. The van der Waals surface area contributed by atoms with Crippen molar-refractivity contribution in [3.8, 4) is 17.6 Å². The van der Waals surface area contributed by atoms with Crippen molar-refractivity contribution in [2.45, 2.75) is 33.2 Å². The van der Waals surface area contributed by atoms with E-state index >= 15 is 0 Å². The van der Waals surface area contributed by atoms with Gasteiger partial charge in [-0.3, -0.25) is 4.90 Å². The largest absolute Gasteiger partial charge is 0.496 e. The molecule has 0 aliphatic carbocycles. The first-order chi connectivity index (χ1) is 10.0. The summed E-state index contributed by atoms with van der Waals surface area (Å²) in [5.74, 6) is 6.57. The molecule has 114 valence electrons. The zero-order valence-electron chi connectivity index (χ0n) is 13.3. The Labute approximate surface area is 127 Å². The van der Waals surface area contributed by atoms with Crippen LogP contribution in [0.15, 0.2) is 18.2 Å². The van der Waals surface area contributed by atoms with Gasteiger partial charge in [-0.05, 0) is 49.5 Å². The highest BCUT2D eigenvalue weighted by Gasteiger charge is 2.25. The lowest BCUT2D eigenvalue weighted by molar-refractivity contribution is 0.126. The number of aliphatic hydroxyl groups excluding tert-OH is 1. The number of hydrogen-bond acceptors (Lipinski definition) is 3. The third-order valence-corrected chi connectivity index (χ3v) is 4.20. The summed E-state index contributed by atoms with van der Waals surface area (Å²) >= 11 is 0. The van der Waals surface area contributed by atoms with Crippen LogP contribution in [0.25, 0.3) is 0 Å². The van der Waals surface area contributed by atoms with Crippen LogP contribution in [0.3, 0.4) is 0 Å². The molecule has 0 aromatic heterocycles. The average Bonchev–Trinajstić information content (AvgIpc) is 2.47. The molecule has 1 saturated heterocycles. The molecule has 3 nitrogen and oxygen atoms in total. The third kappa shape index (κ3) is 4.49. The molecule has 3 heteroatoms. The second-order valence-corrected chi connectivity index (χ2v) is 6.43. The zero-order chi connectivity index (χ0) is 15.3. The summed E-state index contributed by atoms with van der Waals surface area (Å²) in [6.45, 7) is 7.73. The molecule has 0 bridgehead atoms. The van der Waals surface area contributed by atoms with Crippen LogP contribution >= 0.6 is 0 Å². The monoisotopic (exact) mass is 287 g/mol. The van der Waals surface area contributed by atoms with E-state index < -0.39 is 0 Å². The van der Waals surface area contributed by atoms with Crippen molar-refractivity contribution in [3.63, 3.8) is 0 Å². The smallest absolute Gasteiger partial charge is 0.123 e. The van der Waals surface area contributed by atoms with Crippen molar-refractivity contribution in [1.29, 1.82) is 0 Å². The van der Waals surface area contributed by atoms with Crippen LogP contribution in [-0.4, -0.2) is 36.8 Å². The van der Waals surface area contributed by atoms with E-state index in [0.29, 0.717) is 5.41 Å². The van der Waals surface area contributed by atoms with Crippen LogP contribution in [0, 0.1) is 17.3 Å². The van der Waals surface area contributed by atoms with Gasteiger partial charge in [-0.2, -0.15) is 0 Å². The fourth-order valence-electron chi connectivity index (χ4n) is 2.68. The number of hydrogen-bond donors (Lipinski definition) is 1. The number of aliphatic hydroxyl groups is 1. The molecule has 1 heterocycles. The molecule has 1 aromatic carbocycles. The van der Waals surface area contributed by atoms with E-state index in [4.69, 9.17) is 9.84 Å². The Balaban J connectivity index is 2.10. The number of rotatable bonds is 3. The number of likely N-dealkylation sites (tertiary alicyclic amines) is 1. The van der Waals surface area contributed by atoms with E-state index in [2.05, 4.69) is 36.7 Å². The zero-order valence-corrected chi connectivity index (χ0v) is 13.3. The lowest BCUT2D eigenvalue weighted by Gasteiger charge is -2.37. The maximum absolute atomic E-state index is 8.80. The first-order valence-corrected chi connectivity index (χ1v) is 7.53. The van der Waals surface area contributed by atoms with Crippen molar-refractivity contribution in [3.05, 3.63) is 29.3 Å². The predicted molar refractivity (Wildman–Crippen MR) is 85.2 cm³/mol. The van der Waals surface area contributed by atoms with Crippen molar-refractivity contribution in [1.82, 2.24) is 4.90 Å². The highest BCUT2D eigenvalue weighted by Crippen LogP contribution is 2.31. The van der Waals surface area contributed by atoms with Crippen LogP contribution in [-0.2, 0) is 6.54 Å². The Hall–Kier alpha value is -1.50. The molecule has 0 saturated carbocycles. The molecule has 1 aliphatic heterocycles. The fraction of sp³-hybridized carbons (Fsp3) is 0.556. The average molecular weight is 287 g/mol. The molecule has 2 rings (SSSR count). The fourth-order valence-corrected chi connectivity index (χ4v) is 2.68. The van der Waals surface area contributed by atoms with E-state index in [9.17, 15) is 0 Å². The van der Waals surface area contributed by atoms with Crippen molar-refractivity contribution in [2.75, 3.05) is 26.8 Å². The van der Waals surface area contributed by atoms with Gasteiger partial charge >= 0.3 is 0 Å². The predicted octanol–water partition coefficient (Wildman–Crippen LogP) is 2.66. The Morgan fingerprint density at radius 1 is 1.29 bits per heavy atom. The topological polar surface area (TPSA) is 32.7 Å². The van der Waals surface area contributed by atoms with E-state index in [1.54, 1.807) is 7.11 Å². The molecular formula is C18H25NO2. The van der Waals surface area contributed by atoms with Crippen LogP contribution in [0.5, 0.6) is 5.75 Å². The van der Waals surface area contributed by atoms with Crippen LogP contribution in [0.2, 0.25) is 0 Å². The maximum atomic E-state index is 8.80. The van der Waals surface area contributed by atoms with Gasteiger partial charge in [-0.15, -0.1) is 0 Å². The first kappa shape index (κ1) is 15.9. The van der Waals surface area contributed by atoms with Gasteiger partial charge in [0.25, 0.3) is 0 Å². The molecule has 0 unspecified atom stereocenters. The standard InChI is InChI=1S/C18H25NO2/c1-18(2)8-10-19(11-9-18)14-16-13-15(5-4-12-20)6-7-17(16)21-3/h6-7,13,20H,8-12,14H2,1-3H3. The number of piperidine rings is 1. The van der Waals surface area contributed by atoms with Gasteiger partial charge in [0.05, 0.1) is 7.11 Å². The molecular weight excluding hydrogens is 262 g/mol. The van der Waals surface area contributed by atoms with E-state index in [0.717, 1.165) is 30.9 Å². The number of benzene rings is 1. The minimum atomic E-state index is -0.109. The minimum Gasteiger partial charge on any atom is -0.496 e. The molecule has 1 aromatic rings. The quantitative estimate of drug-likeness (QED) is 0.868. The van der Waals surface area contributed by atoms with E-state index in [1.807, 2.05) is 12.1 Å². The van der Waals surface area contributed by atoms with Gasteiger partial charge in [0.2, 0.25) is 0 Å². The van der Waals surface area contributed by atoms with Gasteiger partial charge in [0, 0.05) is 17.7 Å². The summed E-state index contributed by atoms with van der Waals surface area (Å²) in [7, 11) is 1.71. The van der Waals surface area contributed by atoms with Crippen LogP contribution < -0.4 is 4.74 Å². The van der Waals surface area contributed by atoms with Crippen molar-refractivity contribution in [2.24, 2.45) is 5.41 Å². The van der Waals surface area contributed by atoms with E-state index in [-0.39, 0.29) is 6.61 Å². The maximum Gasteiger partial charge on any atom is 0.123 e. The van der Waals surface area contributed by atoms with Crippen LogP contribution in [0.4, 0.5) is 0 Å². The van der Waals surface area contributed by atoms with Crippen molar-refractivity contribution < 1.29 is 9.84 Å². The molecule has 0 atom stereocenters. The second kappa shape index (κ2) is 6.98. The lowest BCUT2D eigenvalue weighted by atomic mass is 9.82. The minimum absolute atomic E-state index is 0.109. The second-order valence-electron chi connectivity index (χ2n) is 6.43. The summed E-state index contributed by atoms with van der Waals surface area (Å²) in [6, 6.07) is 5.97. The Morgan fingerprint density at radius 3 is 2.62 bits per heavy atom. The molecule has 1 fully saturated rings. The molecule has 0 amide bonds. The van der Waals surface area contributed by atoms with Gasteiger partial charge in [0.1, 0.15) is 12.4 Å². The molecule has 1 N–H and O–H groups in total. The molecule has 1 aliphatic rings. The Morgan fingerprint density at radius 2 is 2.00 bits per heavy atom. The normalized spacial score (nSPS) is 17.9. The number of methoxy groups -OCH3 is 1. The number of nitrogens with zero attached hydrogens (tertiary/aromatic N) is 1. The summed E-state index contributed by atoms with van der Waals surface area (Å²) in [5.41, 5.74) is 2.56. The SMILES string of the molecule is COc1ccc(C#CCO)cc1CN1CCC(C)(C)CC1. The first-order valence-electron chi connectivity index (χ1n) is 7.53. The Kier molecular flexibility index (Phi) is 5.27. The van der Waals surface area contributed by atoms with Crippen molar-refractivity contribution >= 4 is 0 Å².